The van der Waals surface area contributed by atoms with Crippen molar-refractivity contribution in [2.75, 3.05) is 29.9 Å². The van der Waals surface area contributed by atoms with Gasteiger partial charge in [0.25, 0.3) is 0 Å². The maximum absolute atomic E-state index is 4.94. The number of nitrogens with zero attached hydrogens (tertiary/aromatic N) is 4. The molecule has 3 aliphatic heterocycles. The van der Waals surface area contributed by atoms with E-state index in [9.17, 15) is 0 Å². The Labute approximate surface area is 188 Å². The van der Waals surface area contributed by atoms with E-state index in [1.54, 1.807) is 0 Å². The summed E-state index contributed by atoms with van der Waals surface area (Å²) in [5.74, 6) is 2.76. The lowest BCUT2D eigenvalue weighted by atomic mass is 9.83. The molecule has 6 heteroatoms. The highest BCUT2D eigenvalue weighted by Crippen LogP contribution is 2.44. The number of rotatable bonds is 4. The zero-order valence-electron chi connectivity index (χ0n) is 18.4. The van der Waals surface area contributed by atoms with Crippen molar-refractivity contribution in [1.82, 2.24) is 15.3 Å². The normalized spacial score (nSPS) is 21.5. The summed E-state index contributed by atoms with van der Waals surface area (Å²) in [6.07, 6.45) is 4.48. The number of aliphatic imine (C=N–C) groups is 1. The fourth-order valence-corrected chi connectivity index (χ4v) is 5.32. The van der Waals surface area contributed by atoms with Gasteiger partial charge in [-0.1, -0.05) is 24.3 Å². The molecular formula is C26H28N6. The molecule has 32 heavy (non-hydrogen) atoms. The van der Waals surface area contributed by atoms with Crippen molar-refractivity contribution in [3.8, 4) is 0 Å². The minimum Gasteiger partial charge on any atom is -0.340 e. The van der Waals surface area contributed by atoms with Crippen molar-refractivity contribution in [2.45, 2.75) is 32.2 Å². The first-order valence-corrected chi connectivity index (χ1v) is 11.6. The van der Waals surface area contributed by atoms with E-state index >= 15 is 0 Å². The van der Waals surface area contributed by atoms with Gasteiger partial charge in [-0.3, -0.25) is 4.99 Å². The van der Waals surface area contributed by atoms with Crippen LogP contribution in [0.25, 0.3) is 0 Å². The molecule has 0 radical (unpaired) electrons. The van der Waals surface area contributed by atoms with E-state index in [1.165, 1.54) is 35.2 Å². The SMILES string of the molecule is Cc1cc(Nc2ccc3c(c2)C=NC3)nc(N2CC(C3CCCNC3)c3ccccc32)n1. The van der Waals surface area contributed by atoms with E-state index in [2.05, 4.69) is 63.0 Å². The summed E-state index contributed by atoms with van der Waals surface area (Å²) in [5.41, 5.74) is 7.10. The summed E-state index contributed by atoms with van der Waals surface area (Å²) in [6.45, 7) is 5.98. The molecule has 2 aromatic carbocycles. The smallest absolute Gasteiger partial charge is 0.232 e. The van der Waals surface area contributed by atoms with Crippen molar-refractivity contribution >= 4 is 29.4 Å². The molecule has 162 valence electrons. The maximum atomic E-state index is 4.94. The second-order valence-electron chi connectivity index (χ2n) is 9.09. The lowest BCUT2D eigenvalue weighted by molar-refractivity contribution is 0.331. The number of para-hydroxylation sites is 1. The van der Waals surface area contributed by atoms with Crippen LogP contribution in [-0.2, 0) is 6.54 Å². The molecule has 1 aromatic heterocycles. The number of aromatic nitrogens is 2. The van der Waals surface area contributed by atoms with Crippen molar-refractivity contribution in [2.24, 2.45) is 10.9 Å². The Bertz CT molecular complexity index is 1180. The Morgan fingerprint density at radius 1 is 1.09 bits per heavy atom. The summed E-state index contributed by atoms with van der Waals surface area (Å²) in [4.78, 5) is 16.4. The fraction of sp³-hybridized carbons (Fsp3) is 0.346. The number of benzene rings is 2. The molecule has 0 bridgehead atoms. The van der Waals surface area contributed by atoms with Gasteiger partial charge in [0, 0.05) is 41.8 Å². The number of nitrogens with one attached hydrogen (secondary N) is 2. The molecule has 2 unspecified atom stereocenters. The number of hydrogen-bond donors (Lipinski definition) is 2. The van der Waals surface area contributed by atoms with Crippen molar-refractivity contribution in [3.63, 3.8) is 0 Å². The van der Waals surface area contributed by atoms with E-state index < -0.39 is 0 Å². The van der Waals surface area contributed by atoms with Crippen molar-refractivity contribution < 1.29 is 0 Å². The maximum Gasteiger partial charge on any atom is 0.232 e. The zero-order valence-corrected chi connectivity index (χ0v) is 18.4. The Morgan fingerprint density at radius 2 is 2.03 bits per heavy atom. The molecule has 0 aliphatic carbocycles. The molecule has 1 saturated heterocycles. The second-order valence-corrected chi connectivity index (χ2v) is 9.09. The van der Waals surface area contributed by atoms with E-state index in [0.29, 0.717) is 11.8 Å². The molecule has 0 saturated carbocycles. The van der Waals surface area contributed by atoms with Crippen LogP contribution >= 0.6 is 0 Å². The Balaban J connectivity index is 1.31. The Morgan fingerprint density at radius 3 is 2.94 bits per heavy atom. The molecule has 4 heterocycles. The van der Waals surface area contributed by atoms with Gasteiger partial charge in [-0.25, -0.2) is 4.98 Å². The van der Waals surface area contributed by atoms with E-state index in [4.69, 9.17) is 9.97 Å². The molecule has 1 fully saturated rings. The van der Waals surface area contributed by atoms with Gasteiger partial charge < -0.3 is 15.5 Å². The summed E-state index contributed by atoms with van der Waals surface area (Å²) >= 11 is 0. The van der Waals surface area contributed by atoms with Gasteiger partial charge in [0.15, 0.2) is 0 Å². The standard InChI is InChI=1S/C26H28N6/c1-17-11-25(30-21-9-8-18-13-28-15-20(18)12-21)31-26(29-17)32-16-23(19-5-4-10-27-14-19)22-6-2-3-7-24(22)32/h2-3,6-9,11-12,15,19,23,27H,4-5,10,13-14,16H2,1H3,(H,29,30,31). The van der Waals surface area contributed by atoms with Gasteiger partial charge in [-0.2, -0.15) is 4.98 Å². The molecule has 2 atom stereocenters. The summed E-state index contributed by atoms with van der Waals surface area (Å²) in [6, 6.07) is 17.2. The monoisotopic (exact) mass is 424 g/mol. The number of anilines is 4. The van der Waals surface area contributed by atoms with Crippen LogP contribution in [0.5, 0.6) is 0 Å². The highest BCUT2D eigenvalue weighted by atomic mass is 15.3. The predicted octanol–water partition coefficient (Wildman–Crippen LogP) is 4.70. The first kappa shape index (κ1) is 19.4. The topological polar surface area (TPSA) is 65.4 Å². The Kier molecular flexibility index (Phi) is 4.87. The highest BCUT2D eigenvalue weighted by molar-refractivity contribution is 5.86. The third-order valence-electron chi connectivity index (χ3n) is 6.90. The molecule has 3 aromatic rings. The molecule has 6 nitrogen and oxygen atoms in total. The summed E-state index contributed by atoms with van der Waals surface area (Å²) in [7, 11) is 0. The molecule has 6 rings (SSSR count). The van der Waals surface area contributed by atoms with Crippen LogP contribution in [0.3, 0.4) is 0 Å². The predicted molar refractivity (Wildman–Crippen MR) is 130 cm³/mol. The quantitative estimate of drug-likeness (QED) is 0.636. The van der Waals surface area contributed by atoms with Gasteiger partial charge >= 0.3 is 0 Å². The average molecular weight is 425 g/mol. The van der Waals surface area contributed by atoms with Crippen LogP contribution in [0.15, 0.2) is 53.5 Å². The number of hydrogen-bond acceptors (Lipinski definition) is 6. The molecular weight excluding hydrogens is 396 g/mol. The minimum absolute atomic E-state index is 0.510. The third-order valence-corrected chi connectivity index (χ3v) is 6.90. The average Bonchev–Trinajstić information content (AvgIpc) is 3.44. The largest absolute Gasteiger partial charge is 0.340 e. The molecule has 3 aliphatic rings. The van der Waals surface area contributed by atoms with Crippen LogP contribution < -0.4 is 15.5 Å². The lowest BCUT2D eigenvalue weighted by Gasteiger charge is -2.28. The van der Waals surface area contributed by atoms with Crippen LogP contribution in [0.1, 0.15) is 41.1 Å². The van der Waals surface area contributed by atoms with E-state index in [-0.39, 0.29) is 0 Å². The van der Waals surface area contributed by atoms with E-state index in [0.717, 1.165) is 49.3 Å². The van der Waals surface area contributed by atoms with Crippen molar-refractivity contribution in [3.05, 3.63) is 70.9 Å². The Hall–Kier alpha value is -3.25. The van der Waals surface area contributed by atoms with Gasteiger partial charge in [0.2, 0.25) is 5.95 Å². The number of fused-ring (bicyclic) bond motifs is 2. The summed E-state index contributed by atoms with van der Waals surface area (Å²) in [5, 5.41) is 7.08. The molecule has 0 spiro atoms. The van der Waals surface area contributed by atoms with Gasteiger partial charge in [-0.15, -0.1) is 0 Å². The zero-order chi connectivity index (χ0) is 21.5. The van der Waals surface area contributed by atoms with Crippen LogP contribution in [0, 0.1) is 12.8 Å². The lowest BCUT2D eigenvalue weighted by Crippen LogP contribution is -2.34. The fourth-order valence-electron chi connectivity index (χ4n) is 5.32. The van der Waals surface area contributed by atoms with Gasteiger partial charge in [-0.05, 0) is 73.7 Å². The van der Waals surface area contributed by atoms with Crippen LogP contribution in [-0.4, -0.2) is 35.8 Å². The molecule has 2 N–H and O–H groups in total. The summed E-state index contributed by atoms with van der Waals surface area (Å²) < 4.78 is 0. The van der Waals surface area contributed by atoms with Gasteiger partial charge in [0.1, 0.15) is 5.82 Å². The first-order chi connectivity index (χ1) is 15.7. The third kappa shape index (κ3) is 3.54. The first-order valence-electron chi connectivity index (χ1n) is 11.6. The highest BCUT2D eigenvalue weighted by Gasteiger charge is 2.36. The number of piperidine rings is 1. The second kappa shape index (κ2) is 8.02. The minimum atomic E-state index is 0.510. The van der Waals surface area contributed by atoms with Crippen LogP contribution in [0.2, 0.25) is 0 Å². The van der Waals surface area contributed by atoms with Crippen molar-refractivity contribution in [1.29, 1.82) is 0 Å². The molecule has 0 amide bonds. The van der Waals surface area contributed by atoms with Gasteiger partial charge in [0.05, 0.1) is 6.54 Å². The number of aryl methyl sites for hydroxylation is 1. The van der Waals surface area contributed by atoms with E-state index in [1.807, 2.05) is 19.2 Å². The van der Waals surface area contributed by atoms with Crippen LogP contribution in [0.4, 0.5) is 23.1 Å².